The number of hydrogen-bond acceptors (Lipinski definition) is 5. The predicted octanol–water partition coefficient (Wildman–Crippen LogP) is 17.7. The molecule has 6 heteroatoms. The summed E-state index contributed by atoms with van der Waals surface area (Å²) < 4.78 is 5.47. The van der Waals surface area contributed by atoms with Gasteiger partial charge in [-0.3, -0.25) is 9.59 Å². The van der Waals surface area contributed by atoms with Crippen LogP contribution in [0.25, 0.3) is 0 Å². The third-order valence-electron chi connectivity index (χ3n) is 13.6. The third-order valence-corrected chi connectivity index (χ3v) is 13.6. The van der Waals surface area contributed by atoms with Gasteiger partial charge in [0.2, 0.25) is 5.91 Å². The van der Waals surface area contributed by atoms with E-state index in [9.17, 15) is 19.8 Å². The summed E-state index contributed by atoms with van der Waals surface area (Å²) >= 11 is 0. The molecular weight excluding hydrogens is 791 g/mol. The molecule has 2 atom stereocenters. The van der Waals surface area contributed by atoms with E-state index in [1.165, 1.54) is 257 Å². The average molecular weight is 905 g/mol. The van der Waals surface area contributed by atoms with Crippen LogP contribution in [0.5, 0.6) is 0 Å². The lowest BCUT2D eigenvalue weighted by Crippen LogP contribution is -2.45. The number of nitrogens with one attached hydrogen (secondary N) is 1. The molecule has 2 unspecified atom stereocenters. The molecule has 0 spiro atoms. The molecule has 0 rings (SSSR count). The number of rotatable bonds is 54. The first-order chi connectivity index (χ1) is 31.5. The molecule has 3 N–H and O–H groups in total. The highest BCUT2D eigenvalue weighted by molar-refractivity contribution is 5.76. The van der Waals surface area contributed by atoms with Crippen LogP contribution in [-0.4, -0.2) is 47.4 Å². The van der Waals surface area contributed by atoms with Gasteiger partial charge in [0, 0.05) is 12.8 Å². The maximum Gasteiger partial charge on any atom is 0.305 e. The van der Waals surface area contributed by atoms with Crippen molar-refractivity contribution in [1.29, 1.82) is 0 Å². The zero-order valence-electron chi connectivity index (χ0n) is 43.3. The van der Waals surface area contributed by atoms with Gasteiger partial charge in [0.05, 0.1) is 25.4 Å². The van der Waals surface area contributed by atoms with Crippen LogP contribution in [0, 0.1) is 0 Å². The number of amides is 1. The summed E-state index contributed by atoms with van der Waals surface area (Å²) in [5, 5.41) is 23.0. The van der Waals surface area contributed by atoms with Crippen molar-refractivity contribution in [2.75, 3.05) is 13.2 Å². The number of ether oxygens (including phenoxy) is 1. The van der Waals surface area contributed by atoms with E-state index in [1.54, 1.807) is 6.08 Å². The Bertz CT molecular complexity index is 955. The number of carbonyl (C=O) groups excluding carboxylic acids is 2. The van der Waals surface area contributed by atoms with E-state index in [-0.39, 0.29) is 18.5 Å². The van der Waals surface area contributed by atoms with E-state index in [4.69, 9.17) is 4.74 Å². The van der Waals surface area contributed by atoms with Crippen molar-refractivity contribution in [1.82, 2.24) is 5.32 Å². The van der Waals surface area contributed by atoms with E-state index in [1.807, 2.05) is 6.08 Å². The molecule has 1 amide bonds. The van der Waals surface area contributed by atoms with Crippen molar-refractivity contribution in [2.24, 2.45) is 0 Å². The Morgan fingerprint density at radius 1 is 0.422 bits per heavy atom. The number of hydrogen-bond donors (Lipinski definition) is 3. The highest BCUT2D eigenvalue weighted by Crippen LogP contribution is 2.17. The second kappa shape index (κ2) is 54.2. The molecule has 0 bridgehead atoms. The highest BCUT2D eigenvalue weighted by Gasteiger charge is 2.18. The van der Waals surface area contributed by atoms with Crippen LogP contribution in [0.15, 0.2) is 12.2 Å². The molecule has 0 saturated carbocycles. The molecule has 0 aromatic carbocycles. The van der Waals surface area contributed by atoms with Gasteiger partial charge in [-0.1, -0.05) is 289 Å². The summed E-state index contributed by atoms with van der Waals surface area (Å²) in [6, 6.07) is -0.623. The molecule has 0 aromatic rings. The van der Waals surface area contributed by atoms with Gasteiger partial charge in [-0.15, -0.1) is 0 Å². The zero-order valence-corrected chi connectivity index (χ0v) is 43.3. The van der Waals surface area contributed by atoms with E-state index < -0.39 is 12.1 Å². The van der Waals surface area contributed by atoms with Crippen molar-refractivity contribution in [3.05, 3.63) is 12.2 Å². The van der Waals surface area contributed by atoms with Crippen LogP contribution in [-0.2, 0) is 14.3 Å². The number of aliphatic hydroxyl groups excluding tert-OH is 2. The summed E-state index contributed by atoms with van der Waals surface area (Å²) in [6.07, 6.45) is 63.9. The van der Waals surface area contributed by atoms with Crippen LogP contribution in [0.4, 0.5) is 0 Å². The topological polar surface area (TPSA) is 95.9 Å². The van der Waals surface area contributed by atoms with Gasteiger partial charge in [-0.25, -0.2) is 0 Å². The summed E-state index contributed by atoms with van der Waals surface area (Å²) in [4.78, 5) is 24.4. The lowest BCUT2D eigenvalue weighted by Gasteiger charge is -2.20. The van der Waals surface area contributed by atoms with Gasteiger partial charge in [-0.05, 0) is 32.1 Å². The Morgan fingerprint density at radius 2 is 0.719 bits per heavy atom. The predicted molar refractivity (Wildman–Crippen MR) is 278 cm³/mol. The molecule has 0 aliphatic rings. The minimum absolute atomic E-state index is 0.0168. The van der Waals surface area contributed by atoms with E-state index in [0.29, 0.717) is 19.4 Å². The minimum atomic E-state index is -0.840. The second-order valence-corrected chi connectivity index (χ2v) is 20.0. The van der Waals surface area contributed by atoms with Crippen LogP contribution in [0.3, 0.4) is 0 Å². The number of carbonyl (C=O) groups is 2. The molecule has 0 radical (unpaired) electrons. The Balaban J connectivity index is 3.34. The van der Waals surface area contributed by atoms with Crippen LogP contribution in [0.2, 0.25) is 0 Å². The highest BCUT2D eigenvalue weighted by atomic mass is 16.5. The quantitative estimate of drug-likeness (QED) is 0.0321. The number of esters is 1. The third kappa shape index (κ3) is 50.0. The second-order valence-electron chi connectivity index (χ2n) is 20.0. The summed E-state index contributed by atoms with van der Waals surface area (Å²) in [7, 11) is 0. The molecule has 0 aliphatic carbocycles. The number of allylic oxidation sites excluding steroid dienone is 1. The van der Waals surface area contributed by atoms with Gasteiger partial charge in [0.1, 0.15) is 0 Å². The van der Waals surface area contributed by atoms with Crippen molar-refractivity contribution in [2.45, 2.75) is 334 Å². The fraction of sp³-hybridized carbons (Fsp3) is 0.931. The van der Waals surface area contributed by atoms with E-state index in [0.717, 1.165) is 38.5 Å². The first-order valence-electron chi connectivity index (χ1n) is 29.0. The van der Waals surface area contributed by atoms with Gasteiger partial charge in [0.25, 0.3) is 0 Å². The minimum Gasteiger partial charge on any atom is -0.466 e. The Labute approximate surface area is 399 Å². The smallest absolute Gasteiger partial charge is 0.305 e. The van der Waals surface area contributed by atoms with E-state index in [2.05, 4.69) is 19.2 Å². The standard InChI is InChI=1S/C58H113NO5/c1-3-5-7-9-11-13-15-32-36-40-44-48-52-58(63)64-53-49-45-41-37-33-30-28-26-24-22-20-18-16-17-19-21-23-25-27-29-31-35-39-43-47-51-57(62)59-55(54-60)56(61)50-46-42-38-34-14-12-10-8-6-4-2/h46,50,55-56,60-61H,3-45,47-49,51-54H2,1-2H3,(H,59,62)/b50-46+. The van der Waals surface area contributed by atoms with Crippen molar-refractivity contribution in [3.63, 3.8) is 0 Å². The van der Waals surface area contributed by atoms with Crippen molar-refractivity contribution >= 4 is 11.9 Å². The van der Waals surface area contributed by atoms with Gasteiger partial charge in [-0.2, -0.15) is 0 Å². The largest absolute Gasteiger partial charge is 0.466 e. The van der Waals surface area contributed by atoms with Gasteiger partial charge >= 0.3 is 5.97 Å². The molecule has 0 saturated heterocycles. The molecule has 0 aliphatic heterocycles. The summed E-state index contributed by atoms with van der Waals surface area (Å²) in [5.41, 5.74) is 0. The Hall–Kier alpha value is -1.40. The van der Waals surface area contributed by atoms with Crippen LogP contribution in [0.1, 0.15) is 322 Å². The first kappa shape index (κ1) is 62.6. The summed E-state index contributed by atoms with van der Waals surface area (Å²) in [6.45, 7) is 4.90. The van der Waals surface area contributed by atoms with Crippen LogP contribution < -0.4 is 5.32 Å². The van der Waals surface area contributed by atoms with Crippen molar-refractivity contribution < 1.29 is 24.5 Å². The molecule has 380 valence electrons. The maximum absolute atomic E-state index is 12.4. The first-order valence-corrected chi connectivity index (χ1v) is 29.0. The van der Waals surface area contributed by atoms with Crippen molar-refractivity contribution in [3.8, 4) is 0 Å². The monoisotopic (exact) mass is 904 g/mol. The number of unbranched alkanes of at least 4 members (excludes halogenated alkanes) is 43. The average Bonchev–Trinajstić information content (AvgIpc) is 3.29. The van der Waals surface area contributed by atoms with Gasteiger partial charge < -0.3 is 20.3 Å². The van der Waals surface area contributed by atoms with Crippen LogP contribution >= 0.6 is 0 Å². The lowest BCUT2D eigenvalue weighted by molar-refractivity contribution is -0.143. The summed E-state index contributed by atoms with van der Waals surface area (Å²) in [5.74, 6) is -0.0503. The molecule has 64 heavy (non-hydrogen) atoms. The molecular formula is C58H113NO5. The maximum atomic E-state index is 12.4. The normalized spacial score (nSPS) is 12.6. The zero-order chi connectivity index (χ0) is 46.5. The number of aliphatic hydroxyl groups is 2. The lowest BCUT2D eigenvalue weighted by atomic mass is 10.0. The van der Waals surface area contributed by atoms with Gasteiger partial charge in [0.15, 0.2) is 0 Å². The molecule has 0 heterocycles. The molecule has 6 nitrogen and oxygen atoms in total. The Kier molecular flexibility index (Phi) is 53.0. The SMILES string of the molecule is CCCCCCCCCC/C=C/C(O)C(CO)NC(=O)CCCCCCCCCCCCCCCCCCCCCCCCCCCOC(=O)CCCCCCCCCCCCCC. The molecule has 0 aromatic heterocycles. The van der Waals surface area contributed by atoms with E-state index >= 15 is 0 Å². The molecule has 0 fully saturated rings. The fourth-order valence-corrected chi connectivity index (χ4v) is 9.11. The Morgan fingerprint density at radius 3 is 1.06 bits per heavy atom. The fourth-order valence-electron chi connectivity index (χ4n) is 9.11.